The van der Waals surface area contributed by atoms with Gasteiger partial charge in [-0.3, -0.25) is 4.79 Å². The van der Waals surface area contributed by atoms with E-state index in [9.17, 15) is 4.79 Å². The minimum atomic E-state index is 0.256. The lowest BCUT2D eigenvalue weighted by Crippen LogP contribution is -3.12. The zero-order valence-electron chi connectivity index (χ0n) is 18.3. The van der Waals surface area contributed by atoms with Gasteiger partial charge in [0.1, 0.15) is 0 Å². The summed E-state index contributed by atoms with van der Waals surface area (Å²) in [6.07, 6.45) is 19.2. The topological polar surface area (TPSA) is 33.5 Å². The second kappa shape index (κ2) is 20.7. The van der Waals surface area contributed by atoms with Crippen molar-refractivity contribution in [3.05, 3.63) is 0 Å². The Balaban J connectivity index is 3.49. The molecule has 0 heterocycles. The SMILES string of the molecule is CCCCCCCCCCCCNC(=O)CC[NH+](CCCC)CCCC. The third-order valence-electron chi connectivity index (χ3n) is 5.33. The van der Waals surface area contributed by atoms with Crippen molar-refractivity contribution in [3.8, 4) is 0 Å². The second-order valence-electron chi connectivity index (χ2n) is 7.99. The smallest absolute Gasteiger partial charge is 0.225 e. The zero-order chi connectivity index (χ0) is 19.3. The molecule has 0 aliphatic carbocycles. The molecule has 0 unspecified atom stereocenters. The molecule has 0 aromatic carbocycles. The van der Waals surface area contributed by atoms with Crippen molar-refractivity contribution in [1.29, 1.82) is 0 Å². The lowest BCUT2D eigenvalue weighted by atomic mass is 10.1. The highest BCUT2D eigenvalue weighted by atomic mass is 16.1. The van der Waals surface area contributed by atoms with Gasteiger partial charge in [0, 0.05) is 6.54 Å². The van der Waals surface area contributed by atoms with Crippen LogP contribution in [0.1, 0.15) is 117 Å². The Morgan fingerprint density at radius 2 is 1.08 bits per heavy atom. The summed E-state index contributed by atoms with van der Waals surface area (Å²) in [5.74, 6) is 0.256. The van der Waals surface area contributed by atoms with E-state index in [1.54, 1.807) is 4.90 Å². The summed E-state index contributed by atoms with van der Waals surface area (Å²) in [5.41, 5.74) is 0. The summed E-state index contributed by atoms with van der Waals surface area (Å²) < 4.78 is 0. The number of unbranched alkanes of at least 4 members (excludes halogenated alkanes) is 11. The first-order chi connectivity index (χ1) is 12.7. The monoisotopic (exact) mass is 369 g/mol. The molecule has 2 N–H and O–H groups in total. The lowest BCUT2D eigenvalue weighted by Gasteiger charge is -2.18. The van der Waals surface area contributed by atoms with E-state index in [1.165, 1.54) is 96.6 Å². The van der Waals surface area contributed by atoms with Crippen LogP contribution in [0.25, 0.3) is 0 Å². The zero-order valence-corrected chi connectivity index (χ0v) is 18.3. The molecule has 0 atom stereocenters. The van der Waals surface area contributed by atoms with E-state index >= 15 is 0 Å². The molecule has 0 rings (SSSR count). The van der Waals surface area contributed by atoms with E-state index in [-0.39, 0.29) is 5.91 Å². The average molecular weight is 370 g/mol. The Morgan fingerprint density at radius 3 is 1.58 bits per heavy atom. The van der Waals surface area contributed by atoms with Crippen LogP contribution in [0, 0.1) is 0 Å². The van der Waals surface area contributed by atoms with Gasteiger partial charge in [0.25, 0.3) is 0 Å². The fourth-order valence-corrected chi connectivity index (χ4v) is 3.45. The molecule has 0 saturated heterocycles. The quantitative estimate of drug-likeness (QED) is 0.294. The average Bonchev–Trinajstić information content (AvgIpc) is 2.65. The molecule has 0 radical (unpaired) electrons. The largest absolute Gasteiger partial charge is 0.356 e. The first-order valence-corrected chi connectivity index (χ1v) is 11.8. The van der Waals surface area contributed by atoms with Gasteiger partial charge in [-0.25, -0.2) is 0 Å². The Kier molecular flexibility index (Phi) is 20.3. The normalized spacial score (nSPS) is 11.2. The number of carbonyl (C=O) groups is 1. The van der Waals surface area contributed by atoms with Crippen molar-refractivity contribution < 1.29 is 9.69 Å². The highest BCUT2D eigenvalue weighted by Gasteiger charge is 2.10. The van der Waals surface area contributed by atoms with Crippen molar-refractivity contribution in [2.24, 2.45) is 0 Å². The summed E-state index contributed by atoms with van der Waals surface area (Å²) in [6, 6.07) is 0. The molecule has 0 bridgehead atoms. The molecule has 0 fully saturated rings. The minimum absolute atomic E-state index is 0.256. The maximum Gasteiger partial charge on any atom is 0.225 e. The van der Waals surface area contributed by atoms with Crippen LogP contribution in [0.5, 0.6) is 0 Å². The molecule has 0 aliphatic rings. The van der Waals surface area contributed by atoms with Gasteiger partial charge in [0.15, 0.2) is 0 Å². The molecule has 0 aromatic rings. The minimum Gasteiger partial charge on any atom is -0.356 e. The molecule has 0 aliphatic heterocycles. The molecular weight excluding hydrogens is 320 g/mol. The van der Waals surface area contributed by atoms with E-state index in [1.807, 2.05) is 0 Å². The molecule has 1 amide bonds. The fourth-order valence-electron chi connectivity index (χ4n) is 3.45. The Bertz CT molecular complexity index is 286. The maximum absolute atomic E-state index is 12.0. The molecule has 3 heteroatoms. The molecule has 0 saturated carbocycles. The van der Waals surface area contributed by atoms with Gasteiger partial charge < -0.3 is 10.2 Å². The van der Waals surface area contributed by atoms with Gasteiger partial charge in [-0.2, -0.15) is 0 Å². The highest BCUT2D eigenvalue weighted by molar-refractivity contribution is 5.75. The predicted octanol–water partition coefficient (Wildman–Crippen LogP) is 4.90. The van der Waals surface area contributed by atoms with E-state index in [0.29, 0.717) is 6.42 Å². The summed E-state index contributed by atoms with van der Waals surface area (Å²) >= 11 is 0. The van der Waals surface area contributed by atoms with Crippen molar-refractivity contribution in [1.82, 2.24) is 5.32 Å². The highest BCUT2D eigenvalue weighted by Crippen LogP contribution is 2.10. The van der Waals surface area contributed by atoms with Crippen LogP contribution >= 0.6 is 0 Å². The van der Waals surface area contributed by atoms with Crippen LogP contribution in [-0.2, 0) is 4.79 Å². The predicted molar refractivity (Wildman–Crippen MR) is 115 cm³/mol. The summed E-state index contributed by atoms with van der Waals surface area (Å²) in [7, 11) is 0. The number of amides is 1. The summed E-state index contributed by atoms with van der Waals surface area (Å²) in [5, 5.41) is 3.12. The second-order valence-corrected chi connectivity index (χ2v) is 7.99. The molecule has 0 spiro atoms. The molecule has 3 nitrogen and oxygen atoms in total. The van der Waals surface area contributed by atoms with Gasteiger partial charge in [-0.15, -0.1) is 0 Å². The van der Waals surface area contributed by atoms with Gasteiger partial charge in [0.2, 0.25) is 5.91 Å². The Hall–Kier alpha value is -0.570. The maximum atomic E-state index is 12.0. The molecular formula is C23H49N2O+. The Morgan fingerprint density at radius 1 is 0.615 bits per heavy atom. The van der Waals surface area contributed by atoms with Crippen molar-refractivity contribution in [2.45, 2.75) is 117 Å². The lowest BCUT2D eigenvalue weighted by molar-refractivity contribution is -0.900. The van der Waals surface area contributed by atoms with Gasteiger partial charge >= 0.3 is 0 Å². The number of carbonyl (C=O) groups excluding carboxylic acids is 1. The first-order valence-electron chi connectivity index (χ1n) is 11.8. The van der Waals surface area contributed by atoms with Crippen molar-refractivity contribution in [2.75, 3.05) is 26.2 Å². The number of hydrogen-bond donors (Lipinski definition) is 2. The van der Waals surface area contributed by atoms with Crippen LogP contribution in [-0.4, -0.2) is 32.1 Å². The van der Waals surface area contributed by atoms with Crippen LogP contribution < -0.4 is 10.2 Å². The van der Waals surface area contributed by atoms with E-state index in [4.69, 9.17) is 0 Å². The summed E-state index contributed by atoms with van der Waals surface area (Å²) in [6.45, 7) is 11.1. The third-order valence-corrected chi connectivity index (χ3v) is 5.33. The third kappa shape index (κ3) is 18.2. The standard InChI is InChI=1S/C23H48N2O/c1-4-7-10-11-12-13-14-15-16-17-19-24-23(26)18-22-25(20-8-5-2)21-9-6-3/h4-22H2,1-3H3,(H,24,26)/p+1. The van der Waals surface area contributed by atoms with Gasteiger partial charge in [-0.1, -0.05) is 91.4 Å². The van der Waals surface area contributed by atoms with E-state index in [0.717, 1.165) is 19.5 Å². The number of quaternary nitrogens is 1. The van der Waals surface area contributed by atoms with Crippen molar-refractivity contribution in [3.63, 3.8) is 0 Å². The van der Waals surface area contributed by atoms with Crippen molar-refractivity contribution >= 4 is 5.91 Å². The van der Waals surface area contributed by atoms with Gasteiger partial charge in [0.05, 0.1) is 26.1 Å². The van der Waals surface area contributed by atoms with E-state index in [2.05, 4.69) is 26.1 Å². The number of rotatable bonds is 20. The summed E-state index contributed by atoms with van der Waals surface area (Å²) in [4.78, 5) is 13.6. The van der Waals surface area contributed by atoms with Crippen LogP contribution in [0.3, 0.4) is 0 Å². The first kappa shape index (κ1) is 25.4. The molecule has 0 aromatic heterocycles. The molecule has 26 heavy (non-hydrogen) atoms. The number of nitrogens with one attached hydrogen (secondary N) is 2. The Labute approximate surface area is 164 Å². The van der Waals surface area contributed by atoms with Crippen LogP contribution in [0.4, 0.5) is 0 Å². The number of hydrogen-bond acceptors (Lipinski definition) is 1. The van der Waals surface area contributed by atoms with E-state index < -0.39 is 0 Å². The van der Waals surface area contributed by atoms with Crippen LogP contribution in [0.2, 0.25) is 0 Å². The van der Waals surface area contributed by atoms with Crippen LogP contribution in [0.15, 0.2) is 0 Å². The fraction of sp³-hybridized carbons (Fsp3) is 0.957. The molecule has 156 valence electrons. The van der Waals surface area contributed by atoms with Gasteiger partial charge in [-0.05, 0) is 19.3 Å².